The van der Waals surface area contributed by atoms with Gasteiger partial charge in [-0.3, -0.25) is 4.79 Å². The van der Waals surface area contributed by atoms with Gasteiger partial charge >= 0.3 is 0 Å². The minimum absolute atomic E-state index is 0.181. The van der Waals surface area contributed by atoms with Crippen LogP contribution >= 0.6 is 0 Å². The van der Waals surface area contributed by atoms with Crippen LogP contribution in [-0.4, -0.2) is 16.9 Å². The Hall–Kier alpha value is -2.14. The van der Waals surface area contributed by atoms with Crippen LogP contribution < -0.4 is 11.1 Å². The summed E-state index contributed by atoms with van der Waals surface area (Å²) in [5.41, 5.74) is 7.92. The average Bonchev–Trinajstić information content (AvgIpc) is 2.82. The number of carbonyl (C=O) groups excluding carboxylic acids is 1. The molecular weight excluding hydrogens is 266 g/mol. The van der Waals surface area contributed by atoms with Crippen molar-refractivity contribution in [2.75, 3.05) is 0 Å². The largest absolute Gasteiger partial charge is 0.444 e. The van der Waals surface area contributed by atoms with Crippen molar-refractivity contribution >= 4 is 5.91 Å². The molecule has 0 aliphatic heterocycles. The molecule has 21 heavy (non-hydrogen) atoms. The first-order valence-corrected chi connectivity index (χ1v) is 7.06. The molecule has 1 heterocycles. The van der Waals surface area contributed by atoms with E-state index < -0.39 is 6.04 Å². The molecule has 1 amide bonds. The van der Waals surface area contributed by atoms with Gasteiger partial charge in [-0.25, -0.2) is 4.98 Å². The molecule has 0 aliphatic carbocycles. The van der Waals surface area contributed by atoms with E-state index in [9.17, 15) is 4.79 Å². The molecule has 1 aromatic carbocycles. The molecule has 0 bridgehead atoms. The Kier molecular flexibility index (Phi) is 5.11. The van der Waals surface area contributed by atoms with Crippen molar-refractivity contribution in [3.8, 4) is 0 Å². The molecule has 5 heteroatoms. The number of aryl methyl sites for hydroxylation is 3. The van der Waals surface area contributed by atoms with Gasteiger partial charge in [0.25, 0.3) is 0 Å². The number of amides is 1. The summed E-state index contributed by atoms with van der Waals surface area (Å²) in [6.45, 7) is 3.99. The maximum absolute atomic E-state index is 11.9. The molecule has 0 fully saturated rings. The molecule has 0 saturated heterocycles. The molecule has 0 spiro atoms. The number of nitrogens with zero attached hydrogens (tertiary/aromatic N) is 1. The average molecular weight is 287 g/mol. The third kappa shape index (κ3) is 4.43. The summed E-state index contributed by atoms with van der Waals surface area (Å²) >= 11 is 0. The van der Waals surface area contributed by atoms with Crippen LogP contribution in [0.2, 0.25) is 0 Å². The van der Waals surface area contributed by atoms with Gasteiger partial charge in [-0.2, -0.15) is 0 Å². The van der Waals surface area contributed by atoms with Gasteiger partial charge in [0, 0.05) is 0 Å². The number of nitrogens with one attached hydrogen (secondary N) is 1. The van der Waals surface area contributed by atoms with E-state index in [1.807, 2.05) is 44.2 Å². The minimum atomic E-state index is -0.526. The molecule has 2 rings (SSSR count). The first-order valence-electron chi connectivity index (χ1n) is 7.06. The van der Waals surface area contributed by atoms with Gasteiger partial charge in [0.2, 0.25) is 11.8 Å². The monoisotopic (exact) mass is 287 g/mol. The lowest BCUT2D eigenvalue weighted by atomic mass is 10.1. The second-order valence-electron chi connectivity index (χ2n) is 5.10. The first kappa shape index (κ1) is 15.3. The van der Waals surface area contributed by atoms with Crippen molar-refractivity contribution in [2.24, 2.45) is 5.73 Å². The Labute approximate surface area is 124 Å². The van der Waals surface area contributed by atoms with Gasteiger partial charge in [0.1, 0.15) is 5.76 Å². The second kappa shape index (κ2) is 7.04. The van der Waals surface area contributed by atoms with Crippen LogP contribution in [0, 0.1) is 13.8 Å². The van der Waals surface area contributed by atoms with Crippen LogP contribution in [0.15, 0.2) is 34.7 Å². The van der Waals surface area contributed by atoms with Gasteiger partial charge in [0.15, 0.2) is 0 Å². The van der Waals surface area contributed by atoms with E-state index in [-0.39, 0.29) is 12.5 Å². The molecule has 0 radical (unpaired) electrons. The van der Waals surface area contributed by atoms with E-state index in [1.165, 1.54) is 5.56 Å². The van der Waals surface area contributed by atoms with E-state index in [1.54, 1.807) is 0 Å². The molecule has 3 N–H and O–H groups in total. The zero-order chi connectivity index (χ0) is 15.2. The van der Waals surface area contributed by atoms with Crippen molar-refractivity contribution in [1.29, 1.82) is 0 Å². The summed E-state index contributed by atoms with van der Waals surface area (Å²) in [6.07, 6.45) is 1.39. The van der Waals surface area contributed by atoms with Crippen molar-refractivity contribution in [1.82, 2.24) is 10.3 Å². The van der Waals surface area contributed by atoms with Gasteiger partial charge < -0.3 is 15.5 Å². The summed E-state index contributed by atoms with van der Waals surface area (Å²) in [4.78, 5) is 16.1. The Balaban J connectivity index is 1.77. The fourth-order valence-corrected chi connectivity index (χ4v) is 2.01. The molecule has 0 aliphatic rings. The molecule has 1 aromatic heterocycles. The number of nitrogens with two attached hydrogens (primary N) is 1. The van der Waals surface area contributed by atoms with E-state index >= 15 is 0 Å². The lowest BCUT2D eigenvalue weighted by molar-refractivity contribution is -0.122. The van der Waals surface area contributed by atoms with Gasteiger partial charge in [0.05, 0.1) is 18.3 Å². The second-order valence-corrected chi connectivity index (χ2v) is 5.10. The van der Waals surface area contributed by atoms with E-state index in [0.717, 1.165) is 17.9 Å². The van der Waals surface area contributed by atoms with Crippen molar-refractivity contribution in [3.63, 3.8) is 0 Å². The predicted molar refractivity (Wildman–Crippen MR) is 80.6 cm³/mol. The highest BCUT2D eigenvalue weighted by Crippen LogP contribution is 2.08. The van der Waals surface area contributed by atoms with Crippen LogP contribution in [0.1, 0.15) is 29.3 Å². The highest BCUT2D eigenvalue weighted by Gasteiger charge is 2.14. The van der Waals surface area contributed by atoms with E-state index in [2.05, 4.69) is 10.3 Å². The number of carbonyl (C=O) groups is 1. The highest BCUT2D eigenvalue weighted by atomic mass is 16.4. The third-order valence-corrected chi connectivity index (χ3v) is 3.41. The summed E-state index contributed by atoms with van der Waals surface area (Å²) < 4.78 is 5.41. The van der Waals surface area contributed by atoms with Crippen LogP contribution in [0.25, 0.3) is 0 Å². The van der Waals surface area contributed by atoms with Gasteiger partial charge in [-0.05, 0) is 32.3 Å². The lowest BCUT2D eigenvalue weighted by Gasteiger charge is -2.11. The van der Waals surface area contributed by atoms with E-state index in [4.69, 9.17) is 10.2 Å². The zero-order valence-electron chi connectivity index (χ0n) is 12.4. The normalized spacial score (nSPS) is 12.1. The van der Waals surface area contributed by atoms with Crippen LogP contribution in [0.5, 0.6) is 0 Å². The van der Waals surface area contributed by atoms with Gasteiger partial charge in [-0.1, -0.05) is 30.3 Å². The van der Waals surface area contributed by atoms with Crippen molar-refractivity contribution in [2.45, 2.75) is 39.3 Å². The zero-order valence-corrected chi connectivity index (χ0v) is 12.4. The lowest BCUT2D eigenvalue weighted by Crippen LogP contribution is -2.40. The fourth-order valence-electron chi connectivity index (χ4n) is 2.01. The molecule has 5 nitrogen and oxygen atoms in total. The summed E-state index contributed by atoms with van der Waals surface area (Å²) in [6, 6.07) is 9.47. The standard InChI is InChI=1S/C16H21N3O2/c1-11-12(2)21-15(19-11)10-18-16(20)14(17)9-8-13-6-4-3-5-7-13/h3-7,14H,8-10,17H2,1-2H3,(H,18,20). The summed E-state index contributed by atoms with van der Waals surface area (Å²) in [5.74, 6) is 1.10. The molecular formula is C16H21N3O2. The summed E-state index contributed by atoms with van der Waals surface area (Å²) in [7, 11) is 0. The number of benzene rings is 1. The number of rotatable bonds is 6. The first-order chi connectivity index (χ1) is 10.1. The van der Waals surface area contributed by atoms with Crippen molar-refractivity contribution < 1.29 is 9.21 Å². The predicted octanol–water partition coefficient (Wildman–Crippen LogP) is 1.87. The third-order valence-electron chi connectivity index (χ3n) is 3.41. The highest BCUT2D eigenvalue weighted by molar-refractivity contribution is 5.81. The fraction of sp³-hybridized carbons (Fsp3) is 0.375. The number of hydrogen-bond acceptors (Lipinski definition) is 4. The SMILES string of the molecule is Cc1nc(CNC(=O)C(N)CCc2ccccc2)oc1C. The maximum atomic E-state index is 11.9. The summed E-state index contributed by atoms with van der Waals surface area (Å²) in [5, 5.41) is 2.76. The molecule has 112 valence electrons. The van der Waals surface area contributed by atoms with E-state index in [0.29, 0.717) is 12.3 Å². The smallest absolute Gasteiger partial charge is 0.237 e. The topological polar surface area (TPSA) is 81.2 Å². The Morgan fingerprint density at radius 3 is 2.67 bits per heavy atom. The Morgan fingerprint density at radius 1 is 1.33 bits per heavy atom. The number of hydrogen-bond donors (Lipinski definition) is 2. The molecule has 1 atom stereocenters. The van der Waals surface area contributed by atoms with Gasteiger partial charge in [-0.15, -0.1) is 0 Å². The molecule has 0 saturated carbocycles. The number of oxazole rings is 1. The number of aromatic nitrogens is 1. The maximum Gasteiger partial charge on any atom is 0.237 e. The van der Waals surface area contributed by atoms with Crippen molar-refractivity contribution in [3.05, 3.63) is 53.2 Å². The Morgan fingerprint density at radius 2 is 2.05 bits per heavy atom. The molecule has 2 aromatic rings. The van der Waals surface area contributed by atoms with Crippen LogP contribution in [0.3, 0.4) is 0 Å². The quantitative estimate of drug-likeness (QED) is 0.850. The van der Waals surface area contributed by atoms with Crippen LogP contribution in [-0.2, 0) is 17.8 Å². The minimum Gasteiger partial charge on any atom is -0.444 e. The molecule has 1 unspecified atom stereocenters. The van der Waals surface area contributed by atoms with Crippen LogP contribution in [0.4, 0.5) is 0 Å². The Bertz CT molecular complexity index is 573.